The number of anilines is 1. The summed E-state index contributed by atoms with van der Waals surface area (Å²) in [5.41, 5.74) is 1.40. The van der Waals surface area contributed by atoms with E-state index in [1.54, 1.807) is 0 Å². The Balaban J connectivity index is 1.57. The Morgan fingerprint density at radius 2 is 1.88 bits per heavy atom. The average Bonchev–Trinajstić information content (AvgIpc) is 2.67. The molecule has 0 radical (unpaired) electrons. The van der Waals surface area contributed by atoms with Gasteiger partial charge in [0.1, 0.15) is 0 Å². The Hall–Kier alpha value is -2.07. The third-order valence-corrected chi connectivity index (χ3v) is 4.90. The van der Waals surface area contributed by atoms with Crippen molar-refractivity contribution in [3.05, 3.63) is 54.2 Å². The molecule has 0 bridgehead atoms. The van der Waals surface area contributed by atoms with Crippen LogP contribution in [-0.4, -0.2) is 42.7 Å². The van der Waals surface area contributed by atoms with E-state index in [1.807, 2.05) is 18.3 Å². The monoisotopic (exact) mass is 339 g/mol. The average molecular weight is 339 g/mol. The second kappa shape index (κ2) is 8.86. The van der Waals surface area contributed by atoms with E-state index in [1.165, 1.54) is 5.56 Å². The molecular formula is C21H29N3O. The summed E-state index contributed by atoms with van der Waals surface area (Å²) >= 11 is 0. The fourth-order valence-corrected chi connectivity index (χ4v) is 3.45. The molecule has 0 saturated carbocycles. The van der Waals surface area contributed by atoms with Crippen molar-refractivity contribution in [2.45, 2.75) is 38.8 Å². The van der Waals surface area contributed by atoms with Crippen LogP contribution in [0.25, 0.3) is 0 Å². The second-order valence-electron chi connectivity index (χ2n) is 6.78. The molecule has 2 aromatic rings. The number of hydrogen-bond donors (Lipinski definition) is 0. The molecule has 1 aliphatic heterocycles. The van der Waals surface area contributed by atoms with Crippen molar-refractivity contribution in [3.63, 3.8) is 0 Å². The highest BCUT2D eigenvalue weighted by atomic mass is 16.5. The topological polar surface area (TPSA) is 28.6 Å². The largest absolute Gasteiger partial charge is 0.490 e. The van der Waals surface area contributed by atoms with E-state index in [2.05, 4.69) is 59.1 Å². The maximum absolute atomic E-state index is 5.88. The molecule has 1 saturated heterocycles. The van der Waals surface area contributed by atoms with Gasteiger partial charge in [-0.05, 0) is 37.0 Å². The second-order valence-corrected chi connectivity index (χ2v) is 6.78. The van der Waals surface area contributed by atoms with E-state index < -0.39 is 0 Å². The third-order valence-electron chi connectivity index (χ3n) is 4.90. The molecule has 0 aliphatic carbocycles. The van der Waals surface area contributed by atoms with Crippen LogP contribution in [0.5, 0.6) is 5.75 Å². The van der Waals surface area contributed by atoms with E-state index in [0.29, 0.717) is 6.04 Å². The van der Waals surface area contributed by atoms with Crippen LogP contribution in [0.4, 0.5) is 5.82 Å². The van der Waals surface area contributed by atoms with Crippen LogP contribution >= 0.6 is 0 Å². The summed E-state index contributed by atoms with van der Waals surface area (Å²) in [7, 11) is 2.15. The van der Waals surface area contributed by atoms with Gasteiger partial charge in [-0.25, -0.2) is 4.98 Å². The van der Waals surface area contributed by atoms with E-state index in [9.17, 15) is 0 Å². The highest BCUT2D eigenvalue weighted by Gasteiger charge is 2.24. The van der Waals surface area contributed by atoms with Crippen molar-refractivity contribution in [2.75, 3.05) is 31.6 Å². The minimum Gasteiger partial charge on any atom is -0.490 e. The molecule has 0 atom stereocenters. The van der Waals surface area contributed by atoms with Gasteiger partial charge in [0.05, 0.1) is 6.61 Å². The number of ether oxygens (including phenoxy) is 1. The highest BCUT2D eigenvalue weighted by molar-refractivity contribution is 5.52. The Labute approximate surface area is 151 Å². The van der Waals surface area contributed by atoms with Crippen LogP contribution < -0.4 is 9.64 Å². The Morgan fingerprint density at radius 1 is 1.12 bits per heavy atom. The summed E-state index contributed by atoms with van der Waals surface area (Å²) in [5.74, 6) is 1.87. The fourth-order valence-electron chi connectivity index (χ4n) is 3.45. The predicted molar refractivity (Wildman–Crippen MR) is 103 cm³/mol. The minimum atomic E-state index is 0.519. The number of aromatic nitrogens is 1. The fraction of sp³-hybridized carbons (Fsp3) is 0.476. The Bertz CT molecular complexity index is 639. The zero-order valence-corrected chi connectivity index (χ0v) is 15.4. The van der Waals surface area contributed by atoms with Crippen molar-refractivity contribution in [2.24, 2.45) is 0 Å². The van der Waals surface area contributed by atoms with Crippen molar-refractivity contribution in [3.8, 4) is 5.75 Å². The van der Waals surface area contributed by atoms with Crippen molar-refractivity contribution in [1.29, 1.82) is 0 Å². The lowest BCUT2D eigenvalue weighted by atomic mass is 10.0. The standard InChI is InChI=1S/C21H29N3O/c1-3-16-25-20-10-7-13-22-21(20)23(2)19-11-14-24(15-12-19)17-18-8-5-4-6-9-18/h4-10,13,19H,3,11-12,14-17H2,1-2H3. The molecule has 3 rings (SSSR count). The number of benzene rings is 1. The van der Waals surface area contributed by atoms with Gasteiger partial charge in [0.25, 0.3) is 0 Å². The zero-order valence-electron chi connectivity index (χ0n) is 15.4. The summed E-state index contributed by atoms with van der Waals surface area (Å²) in [6.45, 7) is 6.17. The van der Waals surface area contributed by atoms with Crippen molar-refractivity contribution >= 4 is 5.82 Å². The van der Waals surface area contributed by atoms with Gasteiger partial charge in [0, 0.05) is 38.9 Å². The van der Waals surface area contributed by atoms with Gasteiger partial charge < -0.3 is 9.64 Å². The van der Waals surface area contributed by atoms with Gasteiger partial charge in [-0.3, -0.25) is 4.90 Å². The quantitative estimate of drug-likeness (QED) is 0.763. The molecule has 2 heterocycles. The predicted octanol–water partition coefficient (Wildman–Crippen LogP) is 3.97. The number of pyridine rings is 1. The highest BCUT2D eigenvalue weighted by Crippen LogP contribution is 2.29. The van der Waals surface area contributed by atoms with Gasteiger partial charge >= 0.3 is 0 Å². The van der Waals surface area contributed by atoms with E-state index in [-0.39, 0.29) is 0 Å². The lowest BCUT2D eigenvalue weighted by Crippen LogP contribution is -2.43. The molecule has 4 nitrogen and oxygen atoms in total. The van der Waals surface area contributed by atoms with Gasteiger partial charge in [0.15, 0.2) is 11.6 Å². The molecule has 0 N–H and O–H groups in total. The molecule has 1 aromatic heterocycles. The first kappa shape index (κ1) is 17.7. The molecule has 134 valence electrons. The van der Waals surface area contributed by atoms with Gasteiger partial charge in [-0.15, -0.1) is 0 Å². The van der Waals surface area contributed by atoms with Crippen LogP contribution in [0.1, 0.15) is 31.7 Å². The first-order valence-electron chi connectivity index (χ1n) is 9.35. The van der Waals surface area contributed by atoms with Crippen molar-refractivity contribution in [1.82, 2.24) is 9.88 Å². The normalized spacial score (nSPS) is 15.9. The smallest absolute Gasteiger partial charge is 0.171 e. The summed E-state index contributed by atoms with van der Waals surface area (Å²) in [6.07, 6.45) is 5.19. The molecule has 1 aromatic carbocycles. The van der Waals surface area contributed by atoms with Crippen molar-refractivity contribution < 1.29 is 4.74 Å². The number of likely N-dealkylation sites (tertiary alicyclic amines) is 1. The molecule has 0 amide bonds. The van der Waals surface area contributed by atoms with Crippen LogP contribution in [-0.2, 0) is 6.54 Å². The number of piperidine rings is 1. The number of hydrogen-bond acceptors (Lipinski definition) is 4. The Kier molecular flexibility index (Phi) is 6.29. The number of rotatable bonds is 7. The first-order valence-corrected chi connectivity index (χ1v) is 9.35. The third kappa shape index (κ3) is 4.73. The SMILES string of the molecule is CCCOc1cccnc1N(C)C1CCN(Cc2ccccc2)CC1. The molecular weight excluding hydrogens is 310 g/mol. The maximum atomic E-state index is 5.88. The van der Waals surface area contributed by atoms with Crippen LogP contribution in [0.15, 0.2) is 48.7 Å². The van der Waals surface area contributed by atoms with Gasteiger partial charge in [0.2, 0.25) is 0 Å². The van der Waals surface area contributed by atoms with Crippen LogP contribution in [0.2, 0.25) is 0 Å². The summed E-state index contributed by atoms with van der Waals surface area (Å²) < 4.78 is 5.88. The molecule has 1 aliphatic rings. The van der Waals surface area contributed by atoms with E-state index in [0.717, 1.165) is 57.1 Å². The van der Waals surface area contributed by atoms with Gasteiger partial charge in [-0.2, -0.15) is 0 Å². The summed E-state index contributed by atoms with van der Waals surface area (Å²) in [6, 6.07) is 15.2. The lowest BCUT2D eigenvalue weighted by molar-refractivity contribution is 0.202. The molecule has 0 spiro atoms. The van der Waals surface area contributed by atoms with Crippen LogP contribution in [0.3, 0.4) is 0 Å². The zero-order chi connectivity index (χ0) is 17.5. The summed E-state index contributed by atoms with van der Waals surface area (Å²) in [4.78, 5) is 9.44. The molecule has 25 heavy (non-hydrogen) atoms. The van der Waals surface area contributed by atoms with Crippen LogP contribution in [0, 0.1) is 0 Å². The van der Waals surface area contributed by atoms with E-state index >= 15 is 0 Å². The number of nitrogens with zero attached hydrogens (tertiary/aromatic N) is 3. The maximum Gasteiger partial charge on any atom is 0.171 e. The van der Waals surface area contributed by atoms with E-state index in [4.69, 9.17) is 4.74 Å². The lowest BCUT2D eigenvalue weighted by Gasteiger charge is -2.37. The summed E-state index contributed by atoms with van der Waals surface area (Å²) in [5, 5.41) is 0. The Morgan fingerprint density at radius 3 is 2.60 bits per heavy atom. The molecule has 1 fully saturated rings. The first-order chi connectivity index (χ1) is 12.3. The molecule has 4 heteroatoms. The minimum absolute atomic E-state index is 0.519. The molecule has 0 unspecified atom stereocenters. The van der Waals surface area contributed by atoms with Gasteiger partial charge in [-0.1, -0.05) is 37.3 Å².